The summed E-state index contributed by atoms with van der Waals surface area (Å²) in [6, 6.07) is 27.2. The van der Waals surface area contributed by atoms with Gasteiger partial charge in [-0.25, -0.2) is 4.98 Å². The predicted octanol–water partition coefficient (Wildman–Crippen LogP) is 5.79. The first kappa shape index (κ1) is 19.6. The first-order valence-corrected chi connectivity index (χ1v) is 10.1. The summed E-state index contributed by atoms with van der Waals surface area (Å²) in [5, 5.41) is 3.97. The molecule has 3 aromatic carbocycles. The second-order valence-electron chi connectivity index (χ2n) is 7.14. The highest BCUT2D eigenvalue weighted by Gasteiger charge is 2.16. The van der Waals surface area contributed by atoms with Crippen LogP contribution in [0, 0.1) is 0 Å². The number of carbonyl (C=O) groups excluding carboxylic acids is 1. The Bertz CT molecular complexity index is 1150. The van der Waals surface area contributed by atoms with Crippen LogP contribution in [0.3, 0.4) is 0 Å². The minimum absolute atomic E-state index is 0.118. The van der Waals surface area contributed by atoms with E-state index in [0.717, 1.165) is 33.5 Å². The minimum Gasteiger partial charge on any atom is -0.494 e. The number of benzene rings is 3. The Morgan fingerprint density at radius 1 is 0.967 bits per heavy atom. The molecule has 0 fully saturated rings. The Balaban J connectivity index is 1.65. The van der Waals surface area contributed by atoms with E-state index in [4.69, 9.17) is 9.72 Å². The number of pyridine rings is 1. The van der Waals surface area contributed by atoms with Crippen molar-refractivity contribution in [1.82, 2.24) is 10.3 Å². The lowest BCUT2D eigenvalue weighted by Gasteiger charge is -2.16. The number of rotatable bonds is 6. The van der Waals surface area contributed by atoms with Crippen LogP contribution in [-0.4, -0.2) is 17.5 Å². The Morgan fingerprint density at radius 3 is 2.40 bits per heavy atom. The second kappa shape index (κ2) is 8.78. The van der Waals surface area contributed by atoms with Gasteiger partial charge in [0, 0.05) is 10.9 Å². The Morgan fingerprint density at radius 2 is 1.67 bits per heavy atom. The number of nitrogens with one attached hydrogen (secondary N) is 1. The molecule has 150 valence electrons. The molecule has 0 bridgehead atoms. The molecule has 4 rings (SSSR count). The van der Waals surface area contributed by atoms with Crippen LogP contribution in [-0.2, 0) is 0 Å². The van der Waals surface area contributed by atoms with Crippen molar-refractivity contribution in [2.75, 3.05) is 6.61 Å². The van der Waals surface area contributed by atoms with Gasteiger partial charge in [0.05, 0.1) is 29.4 Å². The number of nitrogens with zero attached hydrogens (tertiary/aromatic N) is 1. The number of hydrogen-bond donors (Lipinski definition) is 1. The molecule has 0 spiro atoms. The Kier molecular flexibility index (Phi) is 5.75. The molecular weight excluding hydrogens is 372 g/mol. The highest BCUT2D eigenvalue weighted by molar-refractivity contribution is 6.07. The van der Waals surface area contributed by atoms with E-state index in [1.165, 1.54) is 0 Å². The largest absolute Gasteiger partial charge is 0.494 e. The fourth-order valence-corrected chi connectivity index (χ4v) is 3.50. The summed E-state index contributed by atoms with van der Waals surface area (Å²) in [7, 11) is 0. The molecule has 4 heteroatoms. The van der Waals surface area contributed by atoms with E-state index in [2.05, 4.69) is 5.32 Å². The molecule has 1 atom stereocenters. The molecule has 1 heterocycles. The summed E-state index contributed by atoms with van der Waals surface area (Å²) >= 11 is 0. The maximum atomic E-state index is 13.2. The Labute approximate surface area is 176 Å². The van der Waals surface area contributed by atoms with Crippen LogP contribution in [0.25, 0.3) is 22.2 Å². The molecule has 4 aromatic rings. The van der Waals surface area contributed by atoms with Crippen molar-refractivity contribution in [3.8, 4) is 17.0 Å². The molecule has 0 aliphatic heterocycles. The van der Waals surface area contributed by atoms with Gasteiger partial charge in [-0.2, -0.15) is 0 Å². The number of amides is 1. The summed E-state index contributed by atoms with van der Waals surface area (Å²) < 4.78 is 5.50. The van der Waals surface area contributed by atoms with Gasteiger partial charge < -0.3 is 10.1 Å². The van der Waals surface area contributed by atoms with Crippen molar-refractivity contribution in [3.63, 3.8) is 0 Å². The molecule has 0 unspecified atom stereocenters. The zero-order valence-electron chi connectivity index (χ0n) is 17.1. The lowest BCUT2D eigenvalue weighted by molar-refractivity contribution is 0.0941. The predicted molar refractivity (Wildman–Crippen MR) is 121 cm³/mol. The van der Waals surface area contributed by atoms with Crippen LogP contribution < -0.4 is 10.1 Å². The average molecular weight is 396 g/mol. The van der Waals surface area contributed by atoms with Crippen LogP contribution in [0.1, 0.15) is 35.8 Å². The smallest absolute Gasteiger partial charge is 0.252 e. The van der Waals surface area contributed by atoms with Gasteiger partial charge in [0.2, 0.25) is 0 Å². The van der Waals surface area contributed by atoms with Crippen LogP contribution in [0.2, 0.25) is 0 Å². The van der Waals surface area contributed by atoms with Crippen LogP contribution in [0.5, 0.6) is 5.75 Å². The van der Waals surface area contributed by atoms with Crippen LogP contribution >= 0.6 is 0 Å². The van der Waals surface area contributed by atoms with Gasteiger partial charge in [-0.3, -0.25) is 4.79 Å². The number of para-hydroxylation sites is 1. The molecule has 0 aliphatic carbocycles. The minimum atomic E-state index is -0.139. The van der Waals surface area contributed by atoms with Crippen molar-refractivity contribution in [1.29, 1.82) is 0 Å². The third-order valence-electron chi connectivity index (χ3n) is 5.07. The molecule has 1 N–H and O–H groups in total. The van der Waals surface area contributed by atoms with Gasteiger partial charge in [-0.1, -0.05) is 60.7 Å². The quantitative estimate of drug-likeness (QED) is 0.449. The topological polar surface area (TPSA) is 51.2 Å². The lowest BCUT2D eigenvalue weighted by atomic mass is 10.0. The van der Waals surface area contributed by atoms with Crippen molar-refractivity contribution in [3.05, 3.63) is 96.1 Å². The zero-order chi connectivity index (χ0) is 20.9. The Hall–Kier alpha value is -3.66. The van der Waals surface area contributed by atoms with E-state index in [0.29, 0.717) is 12.2 Å². The summed E-state index contributed by atoms with van der Waals surface area (Å²) in [5.41, 5.74) is 4.22. The van der Waals surface area contributed by atoms with Gasteiger partial charge in [-0.05, 0) is 43.7 Å². The molecule has 1 amide bonds. The average Bonchev–Trinajstić information content (AvgIpc) is 2.79. The molecular formula is C26H24N2O2. The molecule has 0 aliphatic rings. The van der Waals surface area contributed by atoms with E-state index in [1.54, 1.807) is 0 Å². The maximum absolute atomic E-state index is 13.2. The summed E-state index contributed by atoms with van der Waals surface area (Å²) in [4.78, 5) is 18.0. The van der Waals surface area contributed by atoms with Gasteiger partial charge in [0.1, 0.15) is 5.75 Å². The molecule has 0 saturated carbocycles. The third-order valence-corrected chi connectivity index (χ3v) is 5.07. The van der Waals surface area contributed by atoms with Crippen molar-refractivity contribution in [2.45, 2.75) is 19.9 Å². The highest BCUT2D eigenvalue weighted by atomic mass is 16.5. The van der Waals surface area contributed by atoms with Gasteiger partial charge >= 0.3 is 0 Å². The van der Waals surface area contributed by atoms with E-state index < -0.39 is 0 Å². The van der Waals surface area contributed by atoms with Gasteiger partial charge in [0.15, 0.2) is 0 Å². The van der Waals surface area contributed by atoms with Crippen molar-refractivity contribution in [2.24, 2.45) is 0 Å². The normalized spacial score (nSPS) is 11.8. The lowest BCUT2D eigenvalue weighted by Crippen LogP contribution is -2.27. The first-order chi connectivity index (χ1) is 14.7. The van der Waals surface area contributed by atoms with E-state index >= 15 is 0 Å². The number of ether oxygens (including phenoxy) is 1. The van der Waals surface area contributed by atoms with E-state index in [-0.39, 0.29) is 11.9 Å². The first-order valence-electron chi connectivity index (χ1n) is 10.1. The van der Waals surface area contributed by atoms with Gasteiger partial charge in [0.25, 0.3) is 5.91 Å². The maximum Gasteiger partial charge on any atom is 0.252 e. The fraction of sp³-hybridized carbons (Fsp3) is 0.154. The summed E-state index contributed by atoms with van der Waals surface area (Å²) in [6.45, 7) is 4.57. The second-order valence-corrected chi connectivity index (χ2v) is 7.14. The van der Waals surface area contributed by atoms with Crippen LogP contribution in [0.15, 0.2) is 84.9 Å². The highest BCUT2D eigenvalue weighted by Crippen LogP contribution is 2.26. The molecule has 1 aromatic heterocycles. The summed E-state index contributed by atoms with van der Waals surface area (Å²) in [5.74, 6) is 0.708. The van der Waals surface area contributed by atoms with Crippen molar-refractivity contribution >= 4 is 16.8 Å². The SMILES string of the molecule is CCOc1ccc([C@@H](C)NC(=O)c2cc(-c3ccccc3)nc3ccccc23)cc1. The number of hydrogen-bond acceptors (Lipinski definition) is 3. The van der Waals surface area contributed by atoms with Crippen molar-refractivity contribution < 1.29 is 9.53 Å². The van der Waals surface area contributed by atoms with Gasteiger partial charge in [-0.15, -0.1) is 0 Å². The molecule has 30 heavy (non-hydrogen) atoms. The standard InChI is InChI=1S/C26H24N2O2/c1-3-30-21-15-13-19(14-16-21)18(2)27-26(29)23-17-25(20-9-5-4-6-10-20)28-24-12-8-7-11-22(23)24/h4-18H,3H2,1-2H3,(H,27,29)/t18-/m1/s1. The third kappa shape index (κ3) is 4.18. The zero-order valence-corrected chi connectivity index (χ0v) is 17.1. The number of fused-ring (bicyclic) bond motifs is 1. The fourth-order valence-electron chi connectivity index (χ4n) is 3.50. The van der Waals surface area contributed by atoms with E-state index in [9.17, 15) is 4.79 Å². The molecule has 0 saturated heterocycles. The summed E-state index contributed by atoms with van der Waals surface area (Å²) in [6.07, 6.45) is 0. The van der Waals surface area contributed by atoms with E-state index in [1.807, 2.05) is 98.8 Å². The number of carbonyl (C=O) groups is 1. The molecule has 4 nitrogen and oxygen atoms in total. The monoisotopic (exact) mass is 396 g/mol. The van der Waals surface area contributed by atoms with Crippen LogP contribution in [0.4, 0.5) is 0 Å². The molecule has 0 radical (unpaired) electrons. The number of aromatic nitrogens is 1.